The van der Waals surface area contributed by atoms with E-state index in [0.717, 1.165) is 72.8 Å². The lowest BCUT2D eigenvalue weighted by atomic mass is 9.84. The monoisotopic (exact) mass is 580 g/mol. The molecule has 0 saturated heterocycles. The van der Waals surface area contributed by atoms with Crippen molar-refractivity contribution in [2.75, 3.05) is 0 Å². The molecule has 1 atom stereocenters. The molecule has 1 spiro atoms. The maximum absolute atomic E-state index is 6.74. The predicted octanol–water partition coefficient (Wildman–Crippen LogP) is 6.54. The van der Waals surface area contributed by atoms with Gasteiger partial charge in [-0.3, -0.25) is 4.98 Å². The van der Waals surface area contributed by atoms with Crippen molar-refractivity contribution in [2.45, 2.75) is 5.66 Å². The highest BCUT2D eigenvalue weighted by molar-refractivity contribution is 6.11. The molecule has 0 amide bonds. The minimum absolute atomic E-state index is 0.764. The van der Waals surface area contributed by atoms with Gasteiger partial charge in [0.2, 0.25) is 5.69 Å². The summed E-state index contributed by atoms with van der Waals surface area (Å²) in [6.45, 7) is 0. The number of fused-ring (bicyclic) bond motifs is 10. The van der Waals surface area contributed by atoms with Gasteiger partial charge in [0, 0.05) is 39.4 Å². The summed E-state index contributed by atoms with van der Waals surface area (Å²) in [5.74, 6) is 2.76. The molecule has 0 saturated carbocycles. The van der Waals surface area contributed by atoms with Gasteiger partial charge in [-0.2, -0.15) is 9.13 Å². The summed E-state index contributed by atoms with van der Waals surface area (Å²) < 4.78 is 20.0. The number of pyridine rings is 2. The Morgan fingerprint density at radius 1 is 0.733 bits per heavy atom. The number of benzene rings is 4. The number of rotatable bonds is 1. The van der Waals surface area contributed by atoms with Crippen molar-refractivity contribution < 1.29 is 18.4 Å². The van der Waals surface area contributed by atoms with Gasteiger partial charge < -0.3 is 9.15 Å². The highest BCUT2D eigenvalue weighted by Gasteiger charge is 2.66. The fourth-order valence-corrected chi connectivity index (χ4v) is 8.20. The zero-order chi connectivity index (χ0) is 29.0. The lowest BCUT2D eigenvalue weighted by molar-refractivity contribution is -0.995. The molecule has 8 heteroatoms. The smallest absolute Gasteiger partial charge is 0.337 e. The molecule has 0 bridgehead atoms. The van der Waals surface area contributed by atoms with Crippen molar-refractivity contribution in [2.24, 2.45) is 0 Å². The van der Waals surface area contributed by atoms with Crippen molar-refractivity contribution in [3.8, 4) is 34.3 Å². The van der Waals surface area contributed by atoms with Crippen molar-refractivity contribution in [1.29, 1.82) is 0 Å². The van der Waals surface area contributed by atoms with Gasteiger partial charge in [-0.1, -0.05) is 28.9 Å². The Kier molecular flexibility index (Phi) is 3.59. The Morgan fingerprint density at radius 2 is 1.62 bits per heavy atom. The summed E-state index contributed by atoms with van der Waals surface area (Å²) in [4.78, 5) is 6.28. The van der Waals surface area contributed by atoms with Crippen LogP contribution in [0.4, 0.5) is 0 Å². The molecule has 8 nitrogen and oxygen atoms in total. The third-order valence-corrected chi connectivity index (χ3v) is 9.91. The Labute approximate surface area is 254 Å². The van der Waals surface area contributed by atoms with Crippen LogP contribution in [0, 0.1) is 0 Å². The second-order valence-corrected chi connectivity index (χ2v) is 12.0. The van der Waals surface area contributed by atoms with Crippen molar-refractivity contribution in [3.05, 3.63) is 133 Å². The number of hydrogen-bond donors (Lipinski definition) is 0. The second kappa shape index (κ2) is 7.26. The van der Waals surface area contributed by atoms with E-state index in [9.17, 15) is 0 Å². The van der Waals surface area contributed by atoms with E-state index in [1.165, 1.54) is 16.3 Å². The van der Waals surface area contributed by atoms with Crippen molar-refractivity contribution >= 4 is 43.7 Å². The number of nitrogens with zero attached hydrogens (tertiary/aromatic N) is 6. The molecule has 8 heterocycles. The first-order valence-corrected chi connectivity index (χ1v) is 15.0. The fraction of sp³-hybridized carbons (Fsp3) is 0.0270. The standard InChI is InChI=1S/C37H20N6O2/c1-2-7-27-22(6-1)25-13-14-30-35-36(25)42(27)33-10-3-4-17-40(33)37(35)34-28(8-5-9-29(34)44-30)43-39-26(20-41(37)43)21-11-12-23-24-15-16-38-19-32(24)45-31(23)18-21/h1-20H/q+2. The van der Waals surface area contributed by atoms with Gasteiger partial charge in [-0.15, -0.1) is 0 Å². The molecule has 4 aromatic carbocycles. The third kappa shape index (κ3) is 2.36. The zero-order valence-electron chi connectivity index (χ0n) is 23.5. The van der Waals surface area contributed by atoms with Gasteiger partial charge in [-0.05, 0) is 71.5 Å². The molecule has 5 aromatic heterocycles. The first kappa shape index (κ1) is 22.3. The van der Waals surface area contributed by atoms with Gasteiger partial charge in [0.1, 0.15) is 39.4 Å². The molecule has 9 aromatic rings. The number of hydrogen-bond acceptors (Lipinski definition) is 4. The SMILES string of the molecule is c1cc2c3c(c1)-n1nc(-c4ccc5c(c4)oc4cnccc45)c[n+]1C31c3c(ccc4c5ccccc5n(c34)-c3cccc[n+]31)O2. The Morgan fingerprint density at radius 3 is 2.62 bits per heavy atom. The number of aromatic nitrogens is 6. The van der Waals surface area contributed by atoms with Gasteiger partial charge >= 0.3 is 5.66 Å². The Bertz CT molecular complexity index is 2820. The van der Waals surface area contributed by atoms with Crippen LogP contribution in [0.2, 0.25) is 0 Å². The molecule has 1 unspecified atom stereocenters. The third-order valence-electron chi connectivity index (χ3n) is 9.91. The molecule has 3 aliphatic rings. The molecule has 0 aliphatic carbocycles. The lowest BCUT2D eigenvalue weighted by Crippen LogP contribution is -2.76. The van der Waals surface area contributed by atoms with Crippen LogP contribution in [0.5, 0.6) is 11.5 Å². The van der Waals surface area contributed by atoms with Crippen LogP contribution in [0.3, 0.4) is 0 Å². The molecule has 0 N–H and O–H groups in total. The van der Waals surface area contributed by atoms with E-state index < -0.39 is 5.66 Å². The summed E-state index contributed by atoms with van der Waals surface area (Å²) in [6.07, 6.45) is 7.93. The topological polar surface area (TPSA) is 65.8 Å². The van der Waals surface area contributed by atoms with Gasteiger partial charge in [0.15, 0.2) is 17.3 Å². The number of para-hydroxylation sites is 1. The van der Waals surface area contributed by atoms with E-state index in [2.05, 4.69) is 116 Å². The number of ether oxygens (including phenoxy) is 1. The molecule has 3 aliphatic heterocycles. The summed E-state index contributed by atoms with van der Waals surface area (Å²) in [7, 11) is 0. The minimum atomic E-state index is -0.764. The first-order valence-electron chi connectivity index (χ1n) is 15.0. The average Bonchev–Trinajstić information content (AvgIpc) is 3.84. The van der Waals surface area contributed by atoms with Crippen LogP contribution >= 0.6 is 0 Å². The predicted molar refractivity (Wildman–Crippen MR) is 167 cm³/mol. The summed E-state index contributed by atoms with van der Waals surface area (Å²) in [5.41, 5.74) is 8.16. The molecule has 0 radical (unpaired) electrons. The molecule has 12 rings (SSSR count). The molecular formula is C37H20N6O2+2. The van der Waals surface area contributed by atoms with E-state index in [4.69, 9.17) is 14.3 Å². The second-order valence-electron chi connectivity index (χ2n) is 12.0. The number of furan rings is 1. The summed E-state index contributed by atoms with van der Waals surface area (Å²) in [5, 5.41) is 9.80. The van der Waals surface area contributed by atoms with Crippen molar-refractivity contribution in [1.82, 2.24) is 19.4 Å². The van der Waals surface area contributed by atoms with Crippen LogP contribution in [0.25, 0.3) is 66.5 Å². The highest BCUT2D eigenvalue weighted by Crippen LogP contribution is 2.55. The Balaban J connectivity index is 1.22. The van der Waals surface area contributed by atoms with Gasteiger partial charge in [-0.25, -0.2) is 0 Å². The summed E-state index contributed by atoms with van der Waals surface area (Å²) >= 11 is 0. The maximum atomic E-state index is 6.74. The quantitative estimate of drug-likeness (QED) is 0.207. The molecule has 208 valence electrons. The van der Waals surface area contributed by atoms with E-state index in [1.807, 2.05) is 16.9 Å². The van der Waals surface area contributed by atoms with E-state index in [1.54, 1.807) is 12.4 Å². The van der Waals surface area contributed by atoms with E-state index >= 15 is 0 Å². The first-order chi connectivity index (χ1) is 22.3. The van der Waals surface area contributed by atoms with Gasteiger partial charge in [0.25, 0.3) is 5.82 Å². The van der Waals surface area contributed by atoms with Crippen molar-refractivity contribution in [3.63, 3.8) is 0 Å². The molecular weight excluding hydrogens is 560 g/mol. The minimum Gasteiger partial charge on any atom is -0.456 e. The van der Waals surface area contributed by atoms with Crippen LogP contribution in [-0.2, 0) is 5.66 Å². The normalized spacial score (nSPS) is 16.7. The maximum Gasteiger partial charge on any atom is 0.337 e. The fourth-order valence-electron chi connectivity index (χ4n) is 8.20. The van der Waals surface area contributed by atoms with E-state index in [-0.39, 0.29) is 0 Å². The van der Waals surface area contributed by atoms with Crippen LogP contribution in [-0.4, -0.2) is 19.4 Å². The molecule has 45 heavy (non-hydrogen) atoms. The highest BCUT2D eigenvalue weighted by atomic mass is 16.5. The summed E-state index contributed by atoms with van der Waals surface area (Å²) in [6, 6.07) is 34.0. The van der Waals surface area contributed by atoms with Crippen LogP contribution < -0.4 is 14.0 Å². The average molecular weight is 581 g/mol. The van der Waals surface area contributed by atoms with Crippen LogP contribution in [0.15, 0.2) is 126 Å². The lowest BCUT2D eigenvalue weighted by Gasteiger charge is -2.34. The zero-order valence-corrected chi connectivity index (χ0v) is 23.5. The largest absolute Gasteiger partial charge is 0.456 e. The van der Waals surface area contributed by atoms with E-state index in [0.29, 0.717) is 0 Å². The van der Waals surface area contributed by atoms with Gasteiger partial charge in [0.05, 0.1) is 17.5 Å². The van der Waals surface area contributed by atoms with Crippen LogP contribution in [0.1, 0.15) is 11.1 Å². The Hall–Kier alpha value is -6.28. The molecule has 0 fully saturated rings.